The van der Waals surface area contributed by atoms with Gasteiger partial charge >= 0.3 is 0 Å². The minimum atomic E-state index is 0.0377. The predicted molar refractivity (Wildman–Crippen MR) is 66.1 cm³/mol. The molecule has 2 rings (SSSR count). The van der Waals surface area contributed by atoms with Gasteiger partial charge in [0.05, 0.1) is 5.60 Å². The van der Waals surface area contributed by atoms with E-state index in [4.69, 9.17) is 4.74 Å². The lowest BCUT2D eigenvalue weighted by Gasteiger charge is -2.35. The van der Waals surface area contributed by atoms with Crippen LogP contribution in [0.1, 0.15) is 38.2 Å². The molecular formula is C13H17BrO. The van der Waals surface area contributed by atoms with Crippen LogP contribution in [-0.2, 0) is 4.74 Å². The average molecular weight is 269 g/mol. The van der Waals surface area contributed by atoms with Crippen LogP contribution in [0.4, 0.5) is 0 Å². The molecule has 0 aromatic heterocycles. The highest BCUT2D eigenvalue weighted by atomic mass is 79.9. The van der Waals surface area contributed by atoms with Crippen LogP contribution in [0.25, 0.3) is 0 Å². The fourth-order valence-corrected chi connectivity index (χ4v) is 2.52. The van der Waals surface area contributed by atoms with Crippen molar-refractivity contribution in [1.82, 2.24) is 0 Å². The molecule has 1 aromatic rings. The zero-order valence-corrected chi connectivity index (χ0v) is 10.9. The zero-order chi connectivity index (χ0) is 10.9. The Kier molecular flexibility index (Phi) is 3.17. The summed E-state index contributed by atoms with van der Waals surface area (Å²) >= 11 is 3.47. The molecule has 0 radical (unpaired) electrons. The van der Waals surface area contributed by atoms with Gasteiger partial charge in [-0.2, -0.15) is 0 Å². The van der Waals surface area contributed by atoms with E-state index in [0.717, 1.165) is 23.9 Å². The first-order valence-corrected chi connectivity index (χ1v) is 6.25. The highest BCUT2D eigenvalue weighted by Gasteiger charge is 2.29. The van der Waals surface area contributed by atoms with Gasteiger partial charge in [-0.3, -0.25) is 0 Å². The second-order valence-corrected chi connectivity index (χ2v) is 5.77. The predicted octanol–water partition coefficient (Wildman–Crippen LogP) is 4.12. The second kappa shape index (κ2) is 4.26. The summed E-state index contributed by atoms with van der Waals surface area (Å²) in [5.74, 6) is 0.654. The largest absolute Gasteiger partial charge is 0.376 e. The van der Waals surface area contributed by atoms with E-state index in [9.17, 15) is 0 Å². The van der Waals surface area contributed by atoms with Crippen molar-refractivity contribution in [3.8, 4) is 0 Å². The molecule has 1 saturated heterocycles. The van der Waals surface area contributed by atoms with Gasteiger partial charge in [-0.1, -0.05) is 28.1 Å². The molecule has 1 aliphatic heterocycles. The van der Waals surface area contributed by atoms with E-state index in [-0.39, 0.29) is 5.60 Å². The van der Waals surface area contributed by atoms with Crippen LogP contribution in [-0.4, -0.2) is 12.2 Å². The Labute approximate surface area is 100.0 Å². The fourth-order valence-electron chi connectivity index (χ4n) is 2.25. The van der Waals surface area contributed by atoms with Gasteiger partial charge in [-0.15, -0.1) is 0 Å². The van der Waals surface area contributed by atoms with Crippen molar-refractivity contribution < 1.29 is 4.74 Å². The first kappa shape index (κ1) is 11.2. The molecule has 1 heterocycles. The topological polar surface area (TPSA) is 9.23 Å². The van der Waals surface area contributed by atoms with E-state index in [1.54, 1.807) is 0 Å². The Morgan fingerprint density at radius 1 is 1.27 bits per heavy atom. The first-order chi connectivity index (χ1) is 7.07. The molecule has 1 nitrogen and oxygen atoms in total. The van der Waals surface area contributed by atoms with Gasteiger partial charge in [-0.25, -0.2) is 0 Å². The van der Waals surface area contributed by atoms with Crippen molar-refractivity contribution in [3.63, 3.8) is 0 Å². The average Bonchev–Trinajstić information content (AvgIpc) is 2.17. The van der Waals surface area contributed by atoms with E-state index >= 15 is 0 Å². The SMILES string of the molecule is CC1(C)C[C@@H](c2ccc(Br)cc2)CCO1. The van der Waals surface area contributed by atoms with Gasteiger partial charge in [0.15, 0.2) is 0 Å². The summed E-state index contributed by atoms with van der Waals surface area (Å²) < 4.78 is 6.88. The minimum Gasteiger partial charge on any atom is -0.376 e. The summed E-state index contributed by atoms with van der Waals surface area (Å²) in [5.41, 5.74) is 1.48. The molecule has 0 saturated carbocycles. The fraction of sp³-hybridized carbons (Fsp3) is 0.538. The quantitative estimate of drug-likeness (QED) is 0.745. The Hall–Kier alpha value is -0.340. The summed E-state index contributed by atoms with van der Waals surface area (Å²) in [6.07, 6.45) is 2.26. The van der Waals surface area contributed by atoms with Crippen molar-refractivity contribution in [2.75, 3.05) is 6.61 Å². The lowest BCUT2D eigenvalue weighted by molar-refractivity contribution is -0.0593. The summed E-state index contributed by atoms with van der Waals surface area (Å²) in [4.78, 5) is 0. The molecule has 15 heavy (non-hydrogen) atoms. The van der Waals surface area contributed by atoms with E-state index < -0.39 is 0 Å². The van der Waals surface area contributed by atoms with Crippen LogP contribution in [0.5, 0.6) is 0 Å². The third kappa shape index (κ3) is 2.82. The minimum absolute atomic E-state index is 0.0377. The summed E-state index contributed by atoms with van der Waals surface area (Å²) in [7, 11) is 0. The van der Waals surface area contributed by atoms with Gasteiger partial charge in [0.2, 0.25) is 0 Å². The number of halogens is 1. The lowest BCUT2D eigenvalue weighted by atomic mass is 9.84. The van der Waals surface area contributed by atoms with E-state index in [0.29, 0.717) is 5.92 Å². The van der Waals surface area contributed by atoms with Crippen molar-refractivity contribution in [3.05, 3.63) is 34.3 Å². The van der Waals surface area contributed by atoms with Crippen LogP contribution in [0.15, 0.2) is 28.7 Å². The molecule has 0 spiro atoms. The van der Waals surface area contributed by atoms with Crippen LogP contribution in [0.3, 0.4) is 0 Å². The zero-order valence-electron chi connectivity index (χ0n) is 9.29. The Balaban J connectivity index is 2.13. The van der Waals surface area contributed by atoms with Crippen molar-refractivity contribution in [1.29, 1.82) is 0 Å². The maximum absolute atomic E-state index is 5.73. The molecule has 0 N–H and O–H groups in total. The molecule has 0 unspecified atom stereocenters. The van der Waals surface area contributed by atoms with E-state index in [2.05, 4.69) is 54.0 Å². The molecule has 0 amide bonds. The number of benzene rings is 1. The summed E-state index contributed by atoms with van der Waals surface area (Å²) in [6.45, 7) is 5.24. The van der Waals surface area contributed by atoms with Gasteiger partial charge in [0.1, 0.15) is 0 Å². The molecule has 1 fully saturated rings. The van der Waals surface area contributed by atoms with Gasteiger partial charge in [-0.05, 0) is 50.3 Å². The van der Waals surface area contributed by atoms with Crippen LogP contribution in [0.2, 0.25) is 0 Å². The summed E-state index contributed by atoms with van der Waals surface area (Å²) in [5, 5.41) is 0. The van der Waals surface area contributed by atoms with E-state index in [1.165, 1.54) is 5.56 Å². The maximum Gasteiger partial charge on any atom is 0.0632 e. The van der Waals surface area contributed by atoms with Crippen molar-refractivity contribution in [2.24, 2.45) is 0 Å². The highest BCUT2D eigenvalue weighted by molar-refractivity contribution is 9.10. The smallest absolute Gasteiger partial charge is 0.0632 e. The van der Waals surface area contributed by atoms with Gasteiger partial charge in [0, 0.05) is 11.1 Å². The number of hydrogen-bond acceptors (Lipinski definition) is 1. The number of rotatable bonds is 1. The number of ether oxygens (including phenoxy) is 1. The number of hydrogen-bond donors (Lipinski definition) is 0. The highest BCUT2D eigenvalue weighted by Crippen LogP contribution is 2.35. The van der Waals surface area contributed by atoms with Crippen LogP contribution < -0.4 is 0 Å². The maximum atomic E-state index is 5.73. The Bertz CT molecular complexity index is 329. The normalized spacial score (nSPS) is 25.1. The molecule has 82 valence electrons. The van der Waals surface area contributed by atoms with E-state index in [1.807, 2.05) is 0 Å². The monoisotopic (exact) mass is 268 g/mol. The second-order valence-electron chi connectivity index (χ2n) is 4.85. The molecule has 1 aromatic carbocycles. The molecule has 0 bridgehead atoms. The van der Waals surface area contributed by atoms with Gasteiger partial charge in [0.25, 0.3) is 0 Å². The van der Waals surface area contributed by atoms with Crippen LogP contribution >= 0.6 is 15.9 Å². The molecule has 1 atom stereocenters. The molecule has 1 aliphatic rings. The molecule has 2 heteroatoms. The van der Waals surface area contributed by atoms with Crippen LogP contribution in [0, 0.1) is 0 Å². The molecule has 0 aliphatic carbocycles. The molecular weight excluding hydrogens is 252 g/mol. The first-order valence-electron chi connectivity index (χ1n) is 5.46. The standard InChI is InChI=1S/C13H17BrO/c1-13(2)9-11(7-8-15-13)10-3-5-12(14)6-4-10/h3-6,11H,7-9H2,1-2H3/t11-/m0/s1. The summed E-state index contributed by atoms with van der Waals surface area (Å²) in [6, 6.07) is 8.68. The lowest BCUT2D eigenvalue weighted by Crippen LogP contribution is -2.32. The van der Waals surface area contributed by atoms with Crippen molar-refractivity contribution in [2.45, 2.75) is 38.2 Å². The van der Waals surface area contributed by atoms with Gasteiger partial charge < -0.3 is 4.74 Å². The Morgan fingerprint density at radius 3 is 2.53 bits per heavy atom. The third-order valence-electron chi connectivity index (χ3n) is 3.04. The van der Waals surface area contributed by atoms with Crippen molar-refractivity contribution >= 4 is 15.9 Å². The Morgan fingerprint density at radius 2 is 1.93 bits per heavy atom. The third-order valence-corrected chi connectivity index (χ3v) is 3.57.